The molecule has 3 heterocycles. The van der Waals surface area contributed by atoms with E-state index in [2.05, 4.69) is 30.1 Å². The number of anilines is 1. The molecule has 134 valence electrons. The Balaban J connectivity index is 1.59. The summed E-state index contributed by atoms with van der Waals surface area (Å²) < 4.78 is 5.22. The van der Waals surface area contributed by atoms with E-state index in [9.17, 15) is 5.11 Å². The molecule has 8 nitrogen and oxygen atoms in total. The van der Waals surface area contributed by atoms with Gasteiger partial charge in [-0.1, -0.05) is 0 Å². The monoisotopic (exact) mass is 344 g/mol. The second-order valence-electron chi connectivity index (χ2n) is 5.75. The van der Waals surface area contributed by atoms with Gasteiger partial charge in [0.05, 0.1) is 12.8 Å². The maximum atomic E-state index is 10.1. The molecule has 1 fully saturated rings. The van der Waals surface area contributed by atoms with Crippen LogP contribution in [0.5, 0.6) is 0 Å². The molecule has 25 heavy (non-hydrogen) atoms. The number of aliphatic hydroxyl groups excluding tert-OH is 1. The van der Waals surface area contributed by atoms with Crippen molar-refractivity contribution < 1.29 is 9.52 Å². The van der Waals surface area contributed by atoms with Crippen molar-refractivity contribution in [2.75, 3.05) is 44.2 Å². The Kier molecular flexibility index (Phi) is 5.84. The number of aromatic nitrogens is 2. The van der Waals surface area contributed by atoms with Crippen molar-refractivity contribution in [2.45, 2.75) is 13.0 Å². The third-order valence-electron chi connectivity index (χ3n) is 4.03. The van der Waals surface area contributed by atoms with E-state index < -0.39 is 6.10 Å². The first-order valence-electron chi connectivity index (χ1n) is 8.54. The van der Waals surface area contributed by atoms with Gasteiger partial charge in [0.15, 0.2) is 5.96 Å². The van der Waals surface area contributed by atoms with E-state index in [1.807, 2.05) is 13.0 Å². The van der Waals surface area contributed by atoms with Crippen LogP contribution in [0.2, 0.25) is 0 Å². The molecule has 0 saturated carbocycles. The van der Waals surface area contributed by atoms with Gasteiger partial charge in [-0.2, -0.15) is 0 Å². The van der Waals surface area contributed by atoms with E-state index in [4.69, 9.17) is 4.42 Å². The Hall–Kier alpha value is -2.61. The van der Waals surface area contributed by atoms with Gasteiger partial charge < -0.3 is 24.6 Å². The van der Waals surface area contributed by atoms with Gasteiger partial charge >= 0.3 is 0 Å². The molecule has 0 aromatic carbocycles. The molecule has 0 radical (unpaired) electrons. The number of rotatable bonds is 5. The molecule has 1 atom stereocenters. The number of guanidine groups is 1. The van der Waals surface area contributed by atoms with Gasteiger partial charge in [0.25, 0.3) is 0 Å². The van der Waals surface area contributed by atoms with Gasteiger partial charge in [-0.05, 0) is 25.1 Å². The number of nitrogens with zero attached hydrogens (tertiary/aromatic N) is 5. The number of hydrogen-bond donors (Lipinski definition) is 2. The molecule has 1 aliphatic heterocycles. The minimum absolute atomic E-state index is 0.262. The lowest BCUT2D eigenvalue weighted by molar-refractivity contribution is 0.158. The van der Waals surface area contributed by atoms with E-state index in [0.29, 0.717) is 5.76 Å². The van der Waals surface area contributed by atoms with Crippen LogP contribution in [-0.4, -0.2) is 65.2 Å². The Labute approximate surface area is 147 Å². The van der Waals surface area contributed by atoms with Crippen molar-refractivity contribution in [3.8, 4) is 0 Å². The molecule has 0 bridgehead atoms. The molecule has 0 amide bonds. The van der Waals surface area contributed by atoms with E-state index in [1.165, 1.54) is 0 Å². The van der Waals surface area contributed by atoms with Crippen LogP contribution < -0.4 is 10.2 Å². The predicted octanol–water partition coefficient (Wildman–Crippen LogP) is 0.891. The van der Waals surface area contributed by atoms with Gasteiger partial charge in [-0.3, -0.25) is 0 Å². The van der Waals surface area contributed by atoms with Crippen LogP contribution in [0.1, 0.15) is 18.8 Å². The van der Waals surface area contributed by atoms with E-state index >= 15 is 0 Å². The lowest BCUT2D eigenvalue weighted by Gasteiger charge is -2.36. The molecule has 2 aromatic heterocycles. The number of hydrogen-bond acceptors (Lipinski definition) is 6. The van der Waals surface area contributed by atoms with E-state index in [1.54, 1.807) is 30.8 Å². The third-order valence-corrected chi connectivity index (χ3v) is 4.03. The quantitative estimate of drug-likeness (QED) is 0.615. The number of aliphatic imine (C=N–C) groups is 1. The largest absolute Gasteiger partial charge is 0.467 e. The average Bonchev–Trinajstić information content (AvgIpc) is 3.21. The zero-order valence-corrected chi connectivity index (χ0v) is 14.4. The smallest absolute Gasteiger partial charge is 0.225 e. The minimum atomic E-state index is -0.734. The summed E-state index contributed by atoms with van der Waals surface area (Å²) in [5, 5.41) is 13.4. The standard InChI is InChI=1S/C17H24N6O2/c1-2-18-16(21-13-14(24)15-5-3-12-25-15)22-8-10-23(11-9-22)17-19-6-4-7-20-17/h3-7,12,14,24H,2,8-11,13H2,1H3,(H,18,21). The summed E-state index contributed by atoms with van der Waals surface area (Å²) in [6.45, 7) is 6.37. The van der Waals surface area contributed by atoms with Crippen molar-refractivity contribution in [2.24, 2.45) is 4.99 Å². The van der Waals surface area contributed by atoms with Gasteiger partial charge in [0.1, 0.15) is 11.9 Å². The molecule has 1 aliphatic rings. The SMILES string of the molecule is CCNC(=NCC(O)c1ccco1)N1CCN(c2ncccn2)CC1. The molecular weight excluding hydrogens is 320 g/mol. The molecular formula is C17H24N6O2. The van der Waals surface area contributed by atoms with Gasteiger partial charge in [0, 0.05) is 45.1 Å². The van der Waals surface area contributed by atoms with Gasteiger partial charge in [0.2, 0.25) is 5.95 Å². The van der Waals surface area contributed by atoms with Crippen LogP contribution >= 0.6 is 0 Å². The van der Waals surface area contributed by atoms with E-state index in [0.717, 1.165) is 44.6 Å². The van der Waals surface area contributed by atoms with Crippen LogP contribution in [0, 0.1) is 0 Å². The zero-order valence-electron chi connectivity index (χ0n) is 14.4. The fourth-order valence-electron chi connectivity index (χ4n) is 2.74. The molecule has 1 unspecified atom stereocenters. The Morgan fingerprint density at radius 2 is 2.04 bits per heavy atom. The van der Waals surface area contributed by atoms with Crippen LogP contribution in [0.15, 0.2) is 46.3 Å². The normalized spacial score (nSPS) is 16.8. The van der Waals surface area contributed by atoms with Gasteiger partial charge in [-0.25, -0.2) is 15.0 Å². The summed E-state index contributed by atoms with van der Waals surface area (Å²) in [6, 6.07) is 5.34. The molecule has 3 rings (SSSR count). The van der Waals surface area contributed by atoms with Crippen LogP contribution in [0.25, 0.3) is 0 Å². The molecule has 1 saturated heterocycles. The van der Waals surface area contributed by atoms with Crippen molar-refractivity contribution >= 4 is 11.9 Å². The third kappa shape index (κ3) is 4.48. The second kappa shape index (κ2) is 8.48. The first-order valence-corrected chi connectivity index (χ1v) is 8.54. The van der Waals surface area contributed by atoms with Crippen LogP contribution in [0.3, 0.4) is 0 Å². The summed E-state index contributed by atoms with van der Waals surface area (Å²) in [5.74, 6) is 2.10. The number of nitrogens with one attached hydrogen (secondary N) is 1. The first-order chi connectivity index (χ1) is 12.3. The minimum Gasteiger partial charge on any atom is -0.467 e. The van der Waals surface area contributed by atoms with Crippen LogP contribution in [0.4, 0.5) is 5.95 Å². The summed E-state index contributed by atoms with van der Waals surface area (Å²) >= 11 is 0. The maximum absolute atomic E-state index is 10.1. The zero-order chi connectivity index (χ0) is 17.5. The Bertz CT molecular complexity index is 653. The fraction of sp³-hybridized carbons (Fsp3) is 0.471. The first kappa shape index (κ1) is 17.2. The summed E-state index contributed by atoms with van der Waals surface area (Å²) in [7, 11) is 0. The topological polar surface area (TPSA) is 90.0 Å². The molecule has 2 aromatic rings. The second-order valence-corrected chi connectivity index (χ2v) is 5.75. The number of piperazine rings is 1. The molecule has 0 aliphatic carbocycles. The summed E-state index contributed by atoms with van der Waals surface area (Å²) in [6.07, 6.45) is 4.34. The fourth-order valence-corrected chi connectivity index (χ4v) is 2.74. The van der Waals surface area contributed by atoms with Crippen molar-refractivity contribution in [1.82, 2.24) is 20.2 Å². The maximum Gasteiger partial charge on any atom is 0.225 e. The Morgan fingerprint density at radius 3 is 2.68 bits per heavy atom. The highest BCUT2D eigenvalue weighted by Crippen LogP contribution is 2.14. The van der Waals surface area contributed by atoms with Crippen molar-refractivity contribution in [3.05, 3.63) is 42.6 Å². The molecule has 2 N–H and O–H groups in total. The van der Waals surface area contributed by atoms with Gasteiger partial charge in [-0.15, -0.1) is 0 Å². The van der Waals surface area contributed by atoms with Crippen LogP contribution in [-0.2, 0) is 0 Å². The predicted molar refractivity (Wildman–Crippen MR) is 95.5 cm³/mol. The number of furan rings is 1. The average molecular weight is 344 g/mol. The van der Waals surface area contributed by atoms with Crippen molar-refractivity contribution in [1.29, 1.82) is 0 Å². The lowest BCUT2D eigenvalue weighted by atomic mass is 10.3. The lowest BCUT2D eigenvalue weighted by Crippen LogP contribution is -2.53. The van der Waals surface area contributed by atoms with E-state index in [-0.39, 0.29) is 6.54 Å². The Morgan fingerprint density at radius 1 is 1.28 bits per heavy atom. The number of aliphatic hydroxyl groups is 1. The summed E-state index contributed by atoms with van der Waals surface area (Å²) in [5.41, 5.74) is 0. The highest BCUT2D eigenvalue weighted by molar-refractivity contribution is 5.80. The highest BCUT2D eigenvalue weighted by atomic mass is 16.4. The molecule has 8 heteroatoms. The molecule has 0 spiro atoms. The highest BCUT2D eigenvalue weighted by Gasteiger charge is 2.21. The van der Waals surface area contributed by atoms with Crippen molar-refractivity contribution in [3.63, 3.8) is 0 Å². The summed E-state index contributed by atoms with van der Waals surface area (Å²) in [4.78, 5) is 17.5.